The minimum absolute atomic E-state index is 0.174. The number of halogens is 1. The first-order chi connectivity index (χ1) is 17.4. The second-order valence-corrected chi connectivity index (χ2v) is 9.18. The molecule has 0 spiro atoms. The highest BCUT2D eigenvalue weighted by Gasteiger charge is 2.70. The summed E-state index contributed by atoms with van der Waals surface area (Å²) in [6, 6.07) is 25.0. The predicted molar refractivity (Wildman–Crippen MR) is 135 cm³/mol. The highest BCUT2D eigenvalue weighted by atomic mass is 32.1. The molecule has 2 aliphatic heterocycles. The summed E-state index contributed by atoms with van der Waals surface area (Å²) in [5.41, 5.74) is 2.92. The molecule has 4 aromatic rings. The van der Waals surface area contributed by atoms with Gasteiger partial charge in [0.2, 0.25) is 11.3 Å². The fourth-order valence-corrected chi connectivity index (χ4v) is 5.49. The van der Waals surface area contributed by atoms with Gasteiger partial charge in [-0.3, -0.25) is 15.2 Å². The van der Waals surface area contributed by atoms with Gasteiger partial charge in [0.05, 0.1) is 0 Å². The molecule has 2 atom stereocenters. The molecule has 3 heterocycles. The first-order valence-electron chi connectivity index (χ1n) is 11.4. The van der Waals surface area contributed by atoms with Gasteiger partial charge in [-0.2, -0.15) is 9.67 Å². The van der Waals surface area contributed by atoms with Crippen LogP contribution in [0, 0.1) is 10.5 Å². The summed E-state index contributed by atoms with van der Waals surface area (Å²) in [5, 5.41) is 0. The van der Waals surface area contributed by atoms with Gasteiger partial charge in [0.1, 0.15) is 5.82 Å². The number of hydrogen-bond acceptors (Lipinski definition) is 5. The number of fused-ring (bicyclic) bond motifs is 2. The zero-order valence-corrected chi connectivity index (χ0v) is 20.4. The van der Waals surface area contributed by atoms with Crippen LogP contribution in [0.5, 0.6) is 0 Å². The molecule has 1 aromatic heterocycles. The van der Waals surface area contributed by atoms with Crippen molar-refractivity contribution in [1.29, 1.82) is 0 Å². The Morgan fingerprint density at radius 2 is 1.58 bits per heavy atom. The van der Waals surface area contributed by atoms with Gasteiger partial charge in [0.25, 0.3) is 0 Å². The monoisotopic (exact) mass is 499 g/mol. The van der Waals surface area contributed by atoms with Crippen LogP contribution in [0.25, 0.3) is 6.08 Å². The molecule has 9 heteroatoms. The van der Waals surface area contributed by atoms with Crippen molar-refractivity contribution in [3.8, 4) is 0 Å². The minimum Gasteiger partial charge on any atom is -0.421 e. The topological polar surface area (TPSA) is 66.0 Å². The third kappa shape index (κ3) is 2.80. The fourth-order valence-electron chi connectivity index (χ4n) is 5.26. The molecule has 1 fully saturated rings. The highest BCUT2D eigenvalue weighted by molar-refractivity contribution is 7.71. The predicted octanol–water partition coefficient (Wildman–Crippen LogP) is 3.66. The molecule has 0 aliphatic carbocycles. The largest absolute Gasteiger partial charge is 0.421 e. The second-order valence-electron chi connectivity index (χ2n) is 8.80. The number of likely N-dealkylation sites (N-methyl/N-ethyl adjacent to an activating group) is 2. The highest BCUT2D eigenvalue weighted by Crippen LogP contribution is 2.54. The zero-order chi connectivity index (χ0) is 25.1. The molecule has 3 aromatic carbocycles. The Hall–Kier alpha value is -4.24. The molecule has 180 valence electrons. The van der Waals surface area contributed by atoms with Crippen LogP contribution in [0.3, 0.4) is 0 Å². The fraction of sp³-hybridized carbons (Fsp3) is 0.148. The van der Waals surface area contributed by atoms with Gasteiger partial charge in [-0.15, -0.1) is 0 Å². The Kier molecular flexibility index (Phi) is 4.87. The van der Waals surface area contributed by atoms with Crippen molar-refractivity contribution in [3.63, 3.8) is 0 Å². The summed E-state index contributed by atoms with van der Waals surface area (Å²) < 4.78 is 23.6. The molecule has 0 saturated carbocycles. The number of urea groups is 1. The van der Waals surface area contributed by atoms with Gasteiger partial charge in [-0.25, -0.2) is 9.18 Å². The van der Waals surface area contributed by atoms with Crippen LogP contribution in [0.15, 0.2) is 94.3 Å². The van der Waals surface area contributed by atoms with E-state index in [-0.39, 0.29) is 17.3 Å². The van der Waals surface area contributed by atoms with Gasteiger partial charge in [-0.05, 0) is 17.7 Å². The lowest BCUT2D eigenvalue weighted by Gasteiger charge is -2.48. The van der Waals surface area contributed by atoms with E-state index in [0.29, 0.717) is 15.6 Å². The minimum atomic E-state index is -1.48. The summed E-state index contributed by atoms with van der Waals surface area (Å²) >= 11 is 5.76. The molecule has 0 bridgehead atoms. The maximum absolute atomic E-state index is 15.6. The number of aromatic nitrogens is 1. The number of carbonyl (C=O) groups excluding carboxylic acids is 1. The van der Waals surface area contributed by atoms with Crippen molar-refractivity contribution in [2.24, 2.45) is 4.99 Å². The molecule has 1 saturated heterocycles. The molecule has 0 radical (unpaired) electrons. The molecular weight excluding hydrogens is 477 g/mol. The molecule has 7 nitrogen and oxygen atoms in total. The van der Waals surface area contributed by atoms with E-state index in [0.717, 1.165) is 5.56 Å². The van der Waals surface area contributed by atoms with Crippen LogP contribution in [0.4, 0.5) is 9.18 Å². The first-order valence-corrected chi connectivity index (χ1v) is 11.8. The maximum atomic E-state index is 15.6. The average Bonchev–Trinajstić information content (AvgIpc) is 3.28. The van der Waals surface area contributed by atoms with Crippen molar-refractivity contribution < 1.29 is 13.6 Å². The number of oxazole rings is 1. The van der Waals surface area contributed by atoms with Crippen LogP contribution in [0.1, 0.15) is 16.7 Å². The number of amides is 2. The van der Waals surface area contributed by atoms with Crippen molar-refractivity contribution in [3.05, 3.63) is 123 Å². The molecule has 36 heavy (non-hydrogen) atoms. The molecular formula is C27H22FN5O2S. The van der Waals surface area contributed by atoms with E-state index in [1.807, 2.05) is 66.7 Å². The van der Waals surface area contributed by atoms with Gasteiger partial charge in [-0.1, -0.05) is 91.1 Å². The summed E-state index contributed by atoms with van der Waals surface area (Å²) in [4.78, 5) is 21.6. The molecule has 6 rings (SSSR count). The van der Waals surface area contributed by atoms with Crippen molar-refractivity contribution in [2.75, 3.05) is 19.5 Å². The lowest BCUT2D eigenvalue weighted by atomic mass is 9.80. The number of rotatable bonds is 3. The smallest absolute Gasteiger partial charge is 0.324 e. The Morgan fingerprint density at radius 1 is 0.944 bits per heavy atom. The van der Waals surface area contributed by atoms with Gasteiger partial charge in [0.15, 0.2) is 10.1 Å². The van der Waals surface area contributed by atoms with Crippen molar-refractivity contribution in [2.45, 2.75) is 11.3 Å². The van der Waals surface area contributed by atoms with Crippen LogP contribution in [0.2, 0.25) is 0 Å². The lowest BCUT2D eigenvalue weighted by molar-refractivity contribution is 0.0539. The normalized spacial score (nSPS) is 23.2. The Labute approximate surface area is 211 Å². The lowest BCUT2D eigenvalue weighted by Crippen LogP contribution is -2.66. The third-order valence-electron chi connectivity index (χ3n) is 6.94. The van der Waals surface area contributed by atoms with Crippen molar-refractivity contribution >= 4 is 24.3 Å². The SMILES string of the molecule is CN1C(=O)N(C)C2(c3ccccc3F)Nn3c(oc(=Cc4ccccc4)c3=S)=NC12c1ccccc1. The summed E-state index contributed by atoms with van der Waals surface area (Å²) in [5.74, 6) is -0.481. The van der Waals surface area contributed by atoms with E-state index >= 15 is 4.39 Å². The Morgan fingerprint density at radius 3 is 2.28 bits per heavy atom. The average molecular weight is 500 g/mol. The summed E-state index contributed by atoms with van der Waals surface area (Å²) in [6.07, 6.45) is 1.82. The first kappa shape index (κ1) is 22.2. The molecule has 1 N–H and O–H groups in total. The number of nitrogens with zero attached hydrogens (tertiary/aromatic N) is 4. The maximum Gasteiger partial charge on any atom is 0.324 e. The van der Waals surface area contributed by atoms with E-state index < -0.39 is 17.1 Å². The zero-order valence-electron chi connectivity index (χ0n) is 19.6. The number of carbonyl (C=O) groups is 1. The Balaban J connectivity index is 1.74. The van der Waals surface area contributed by atoms with Crippen LogP contribution < -0.4 is 16.5 Å². The van der Waals surface area contributed by atoms with Gasteiger partial charge >= 0.3 is 11.7 Å². The summed E-state index contributed by atoms with van der Waals surface area (Å²) in [7, 11) is 3.29. The molecule has 2 unspecified atom stereocenters. The molecule has 2 amide bonds. The van der Waals surface area contributed by atoms with E-state index in [4.69, 9.17) is 21.6 Å². The number of nitrogens with one attached hydrogen (secondary N) is 1. The molecule has 2 aliphatic rings. The van der Waals surface area contributed by atoms with Crippen molar-refractivity contribution in [1.82, 2.24) is 14.5 Å². The quantitative estimate of drug-likeness (QED) is 0.437. The van der Waals surface area contributed by atoms with Gasteiger partial charge < -0.3 is 4.42 Å². The van der Waals surface area contributed by atoms with Crippen LogP contribution in [-0.2, 0) is 11.3 Å². The third-order valence-corrected chi connectivity index (χ3v) is 7.33. The standard InChI is InChI=1S/C27H22FN5O2S/c1-31-25(34)32(2)27(20-15-9-10-16-21(20)28)26(31,19-13-7-4-8-14-19)29-24-33(30-27)23(36)22(35-24)17-18-11-5-3-6-12-18/h3-17,30H,1-2H3. The Bertz CT molecular complexity index is 1670. The van der Waals surface area contributed by atoms with E-state index in [1.54, 1.807) is 32.3 Å². The van der Waals surface area contributed by atoms with E-state index in [9.17, 15) is 4.79 Å². The number of hydrogen-bond donors (Lipinski definition) is 1. The second kappa shape index (κ2) is 7.89. The van der Waals surface area contributed by atoms with E-state index in [2.05, 4.69) is 5.43 Å². The van der Waals surface area contributed by atoms with Crippen LogP contribution >= 0.6 is 12.2 Å². The van der Waals surface area contributed by atoms with E-state index in [1.165, 1.54) is 20.5 Å². The number of benzene rings is 3. The van der Waals surface area contributed by atoms with Gasteiger partial charge in [0, 0.05) is 25.2 Å². The summed E-state index contributed by atoms with van der Waals surface area (Å²) in [6.45, 7) is 0. The van der Waals surface area contributed by atoms with Crippen LogP contribution in [-0.4, -0.2) is 34.6 Å².